The minimum Gasteiger partial charge on any atom is -0.350 e. The fraction of sp³-hybridized carbons (Fsp3) is 0.105. The molecule has 0 atom stereocenters. The Bertz CT molecular complexity index is 948. The molecule has 2 N–H and O–H groups in total. The van der Waals surface area contributed by atoms with E-state index in [1.807, 2.05) is 31.2 Å². The van der Waals surface area contributed by atoms with Gasteiger partial charge in [-0.3, -0.25) is 4.79 Å². The first-order valence-corrected chi connectivity index (χ1v) is 8.28. The zero-order valence-corrected chi connectivity index (χ0v) is 14.7. The van der Waals surface area contributed by atoms with Crippen LogP contribution in [0.15, 0.2) is 54.7 Å². The molecule has 2 aromatic carbocycles. The molecular formula is C19H16ClFN4O. The van der Waals surface area contributed by atoms with Crippen LogP contribution in [-0.4, -0.2) is 15.9 Å². The maximum absolute atomic E-state index is 13.2. The third-order valence-corrected chi connectivity index (χ3v) is 4.05. The van der Waals surface area contributed by atoms with Crippen molar-refractivity contribution in [3.63, 3.8) is 0 Å². The monoisotopic (exact) mass is 370 g/mol. The number of carbonyl (C=O) groups is 1. The fourth-order valence-corrected chi connectivity index (χ4v) is 2.50. The van der Waals surface area contributed by atoms with Crippen LogP contribution in [0, 0.1) is 12.7 Å². The zero-order valence-electron chi connectivity index (χ0n) is 14.0. The van der Waals surface area contributed by atoms with E-state index in [-0.39, 0.29) is 10.7 Å². The van der Waals surface area contributed by atoms with Crippen molar-refractivity contribution >= 4 is 29.1 Å². The lowest BCUT2D eigenvalue weighted by Crippen LogP contribution is -2.15. The van der Waals surface area contributed by atoms with Crippen LogP contribution in [0.25, 0.3) is 0 Å². The van der Waals surface area contributed by atoms with E-state index in [0.717, 1.165) is 11.1 Å². The van der Waals surface area contributed by atoms with Crippen molar-refractivity contribution in [3.8, 4) is 0 Å². The van der Waals surface area contributed by atoms with Gasteiger partial charge in [-0.25, -0.2) is 14.4 Å². The third-order valence-electron chi connectivity index (χ3n) is 3.76. The molecule has 1 heterocycles. The van der Waals surface area contributed by atoms with E-state index >= 15 is 0 Å². The van der Waals surface area contributed by atoms with E-state index in [1.54, 1.807) is 0 Å². The first-order valence-electron chi connectivity index (χ1n) is 7.91. The van der Waals surface area contributed by atoms with Gasteiger partial charge in [0.1, 0.15) is 11.5 Å². The van der Waals surface area contributed by atoms with Crippen molar-refractivity contribution in [1.82, 2.24) is 9.97 Å². The molecule has 0 fully saturated rings. The fourth-order valence-electron chi connectivity index (χ4n) is 2.32. The highest BCUT2D eigenvalue weighted by Gasteiger charge is 2.11. The number of nitrogens with one attached hydrogen (secondary N) is 2. The van der Waals surface area contributed by atoms with Crippen LogP contribution in [0.4, 0.5) is 16.0 Å². The summed E-state index contributed by atoms with van der Waals surface area (Å²) < 4.78 is 13.2. The minimum atomic E-state index is -0.547. The molecular weight excluding hydrogens is 355 g/mol. The second kappa shape index (κ2) is 7.93. The molecule has 1 amide bonds. The first-order chi connectivity index (χ1) is 12.5. The van der Waals surface area contributed by atoms with E-state index in [1.165, 1.54) is 30.5 Å². The highest BCUT2D eigenvalue weighted by atomic mass is 35.5. The van der Waals surface area contributed by atoms with Gasteiger partial charge >= 0.3 is 0 Å². The maximum atomic E-state index is 13.2. The van der Waals surface area contributed by atoms with E-state index in [9.17, 15) is 9.18 Å². The van der Waals surface area contributed by atoms with Gasteiger partial charge in [0, 0.05) is 18.4 Å². The van der Waals surface area contributed by atoms with Crippen LogP contribution in [0.2, 0.25) is 5.02 Å². The summed E-state index contributed by atoms with van der Waals surface area (Å²) in [6, 6.07) is 13.4. The van der Waals surface area contributed by atoms with Crippen molar-refractivity contribution in [2.24, 2.45) is 0 Å². The third kappa shape index (κ3) is 4.34. The quantitative estimate of drug-likeness (QED) is 0.696. The molecule has 0 saturated carbocycles. The number of nitrogens with zero attached hydrogens (tertiary/aromatic N) is 2. The van der Waals surface area contributed by atoms with Gasteiger partial charge in [0.05, 0.1) is 5.02 Å². The number of amides is 1. The standard InChI is InChI=1S/C19H16ClFN4O/c1-12-4-2-3-5-13(12)11-23-19-22-9-8-17(25-19)18(26)24-14-6-7-16(21)15(20)10-14/h2-10H,11H2,1H3,(H,24,26)(H,22,23,25). The summed E-state index contributed by atoms with van der Waals surface area (Å²) in [6.07, 6.45) is 1.50. The number of aromatic nitrogens is 2. The Labute approximate surface area is 155 Å². The zero-order chi connectivity index (χ0) is 18.5. The number of anilines is 2. The van der Waals surface area contributed by atoms with E-state index in [2.05, 4.69) is 20.6 Å². The average molecular weight is 371 g/mol. The van der Waals surface area contributed by atoms with Gasteiger partial charge in [0.15, 0.2) is 0 Å². The lowest BCUT2D eigenvalue weighted by Gasteiger charge is -2.09. The number of benzene rings is 2. The van der Waals surface area contributed by atoms with Gasteiger partial charge < -0.3 is 10.6 Å². The van der Waals surface area contributed by atoms with Gasteiger partial charge in [-0.1, -0.05) is 35.9 Å². The number of rotatable bonds is 5. The summed E-state index contributed by atoms with van der Waals surface area (Å²) in [7, 11) is 0. The molecule has 0 aliphatic heterocycles. The van der Waals surface area contributed by atoms with Crippen LogP contribution >= 0.6 is 11.6 Å². The predicted molar refractivity (Wildman–Crippen MR) is 99.9 cm³/mol. The van der Waals surface area contributed by atoms with E-state index < -0.39 is 11.7 Å². The second-order valence-electron chi connectivity index (χ2n) is 5.63. The Morgan fingerprint density at radius 1 is 1.19 bits per heavy atom. The van der Waals surface area contributed by atoms with Gasteiger partial charge in [-0.2, -0.15) is 0 Å². The number of carbonyl (C=O) groups excluding carboxylic acids is 1. The van der Waals surface area contributed by atoms with Crippen LogP contribution in [0.3, 0.4) is 0 Å². The van der Waals surface area contributed by atoms with Crippen molar-refractivity contribution < 1.29 is 9.18 Å². The van der Waals surface area contributed by atoms with Gasteiger partial charge in [0.25, 0.3) is 5.91 Å². The Morgan fingerprint density at radius 3 is 2.77 bits per heavy atom. The molecule has 0 radical (unpaired) electrons. The summed E-state index contributed by atoms with van der Waals surface area (Å²) in [4.78, 5) is 20.7. The predicted octanol–water partition coefficient (Wildman–Crippen LogP) is 4.44. The van der Waals surface area contributed by atoms with Crippen LogP contribution in [0.5, 0.6) is 0 Å². The van der Waals surface area contributed by atoms with Crippen molar-refractivity contribution in [1.29, 1.82) is 0 Å². The molecule has 1 aromatic heterocycles. The molecule has 0 spiro atoms. The molecule has 132 valence electrons. The highest BCUT2D eigenvalue weighted by Crippen LogP contribution is 2.20. The smallest absolute Gasteiger partial charge is 0.274 e. The lowest BCUT2D eigenvalue weighted by atomic mass is 10.1. The van der Waals surface area contributed by atoms with E-state index in [4.69, 9.17) is 11.6 Å². The Balaban J connectivity index is 1.69. The second-order valence-corrected chi connectivity index (χ2v) is 6.04. The first kappa shape index (κ1) is 17.8. The topological polar surface area (TPSA) is 66.9 Å². The SMILES string of the molecule is Cc1ccccc1CNc1nccc(C(=O)Nc2ccc(F)c(Cl)c2)n1. The maximum Gasteiger partial charge on any atom is 0.274 e. The normalized spacial score (nSPS) is 10.4. The highest BCUT2D eigenvalue weighted by molar-refractivity contribution is 6.31. The molecule has 3 rings (SSSR count). The molecule has 26 heavy (non-hydrogen) atoms. The Hall–Kier alpha value is -2.99. The number of halogens is 2. The van der Waals surface area contributed by atoms with Crippen molar-refractivity contribution in [2.75, 3.05) is 10.6 Å². The molecule has 0 saturated heterocycles. The summed E-state index contributed by atoms with van der Waals surface area (Å²) >= 11 is 5.72. The molecule has 0 bridgehead atoms. The molecule has 0 aliphatic carbocycles. The van der Waals surface area contributed by atoms with Gasteiger partial charge in [-0.05, 0) is 42.3 Å². The Morgan fingerprint density at radius 2 is 2.00 bits per heavy atom. The van der Waals surface area contributed by atoms with Gasteiger partial charge in [-0.15, -0.1) is 0 Å². The van der Waals surface area contributed by atoms with Gasteiger partial charge in [0.2, 0.25) is 5.95 Å². The van der Waals surface area contributed by atoms with Crippen LogP contribution in [-0.2, 0) is 6.54 Å². The molecule has 0 unspecified atom stereocenters. The number of hydrogen-bond donors (Lipinski definition) is 2. The van der Waals surface area contributed by atoms with Crippen molar-refractivity contribution in [3.05, 3.63) is 82.4 Å². The number of hydrogen-bond acceptors (Lipinski definition) is 4. The van der Waals surface area contributed by atoms with Crippen LogP contribution in [0.1, 0.15) is 21.6 Å². The molecule has 0 aliphatic rings. The Kier molecular flexibility index (Phi) is 5.43. The summed E-state index contributed by atoms with van der Waals surface area (Å²) in [5, 5.41) is 5.67. The molecule has 3 aromatic rings. The summed E-state index contributed by atoms with van der Waals surface area (Å²) in [5.41, 5.74) is 2.84. The minimum absolute atomic E-state index is 0.0638. The molecule has 5 nitrogen and oxygen atoms in total. The largest absolute Gasteiger partial charge is 0.350 e. The summed E-state index contributed by atoms with van der Waals surface area (Å²) in [5.74, 6) is -0.638. The van der Waals surface area contributed by atoms with E-state index in [0.29, 0.717) is 18.2 Å². The summed E-state index contributed by atoms with van der Waals surface area (Å²) in [6.45, 7) is 2.57. The van der Waals surface area contributed by atoms with Crippen LogP contribution < -0.4 is 10.6 Å². The molecule has 7 heteroatoms. The van der Waals surface area contributed by atoms with Crippen molar-refractivity contribution in [2.45, 2.75) is 13.5 Å². The average Bonchev–Trinajstić information content (AvgIpc) is 2.64. The lowest BCUT2D eigenvalue weighted by molar-refractivity contribution is 0.102. The number of aryl methyl sites for hydroxylation is 1.